The van der Waals surface area contributed by atoms with Gasteiger partial charge in [-0.05, 0) is 32.4 Å². The van der Waals surface area contributed by atoms with Gasteiger partial charge in [0.15, 0.2) is 0 Å². The van der Waals surface area contributed by atoms with Gasteiger partial charge in [0.05, 0.1) is 18.2 Å². The van der Waals surface area contributed by atoms with E-state index >= 15 is 0 Å². The summed E-state index contributed by atoms with van der Waals surface area (Å²) in [6, 6.07) is 0.714. The summed E-state index contributed by atoms with van der Waals surface area (Å²) in [6.07, 6.45) is 8.75. The molecule has 2 rings (SSSR count). The monoisotopic (exact) mass is 205 g/mol. The van der Waals surface area contributed by atoms with E-state index in [1.54, 1.807) is 0 Å². The average molecular weight is 205 g/mol. The normalized spacial score (nSPS) is 17.1. The summed E-state index contributed by atoms with van der Waals surface area (Å²) in [5, 5.41) is 3.33. The van der Waals surface area contributed by atoms with Crippen LogP contribution in [0.3, 0.4) is 0 Å². The highest BCUT2D eigenvalue weighted by Crippen LogP contribution is 2.35. The number of nitrogens with zero attached hydrogens (tertiary/aromatic N) is 2. The molecule has 0 bridgehead atoms. The Labute approximate surface area is 91.2 Å². The van der Waals surface area contributed by atoms with Crippen LogP contribution >= 0.6 is 0 Å². The van der Waals surface area contributed by atoms with Gasteiger partial charge in [0.1, 0.15) is 0 Å². The highest BCUT2D eigenvalue weighted by atomic mass is 15.1. The largest absolute Gasteiger partial charge is 0.328 e. The number of nitrogens with one attached hydrogen (secondary N) is 1. The minimum atomic E-state index is 0.714. The van der Waals surface area contributed by atoms with E-state index in [1.807, 2.05) is 12.5 Å². The van der Waals surface area contributed by atoms with Crippen molar-refractivity contribution in [1.29, 1.82) is 0 Å². The van der Waals surface area contributed by atoms with E-state index in [2.05, 4.69) is 34.8 Å². The molecule has 0 spiro atoms. The van der Waals surface area contributed by atoms with Crippen molar-refractivity contribution in [3.8, 4) is 0 Å². The Morgan fingerprint density at radius 1 is 1.67 bits per heavy atom. The molecule has 0 saturated heterocycles. The minimum absolute atomic E-state index is 0.714. The first-order valence-electron chi connectivity index (χ1n) is 5.71. The molecule has 0 aromatic carbocycles. The summed E-state index contributed by atoms with van der Waals surface area (Å²) >= 11 is 0. The van der Waals surface area contributed by atoms with Crippen LogP contribution in [-0.4, -0.2) is 22.6 Å². The highest BCUT2D eigenvalue weighted by Gasteiger charge is 2.24. The average Bonchev–Trinajstić information content (AvgIpc) is 2.97. The smallest absolute Gasteiger partial charge is 0.0953 e. The molecule has 1 aromatic heterocycles. The Kier molecular flexibility index (Phi) is 3.21. The lowest BCUT2D eigenvalue weighted by Crippen LogP contribution is -2.14. The third kappa shape index (κ3) is 2.69. The van der Waals surface area contributed by atoms with Gasteiger partial charge in [-0.15, -0.1) is 0 Å². The van der Waals surface area contributed by atoms with E-state index in [0.29, 0.717) is 6.04 Å². The molecule has 0 amide bonds. The number of imidazole rings is 1. The molecule has 1 fully saturated rings. The molecule has 0 radical (unpaired) electrons. The van der Waals surface area contributed by atoms with Gasteiger partial charge in [0.25, 0.3) is 0 Å². The van der Waals surface area contributed by atoms with Gasteiger partial charge in [-0.3, -0.25) is 0 Å². The maximum Gasteiger partial charge on any atom is 0.0953 e. The third-order valence-electron chi connectivity index (χ3n) is 2.68. The Bertz CT molecular complexity index is 348. The Balaban J connectivity index is 2.04. The molecular weight excluding hydrogens is 186 g/mol. The van der Waals surface area contributed by atoms with Crippen molar-refractivity contribution in [2.75, 3.05) is 13.1 Å². The molecule has 0 aliphatic heterocycles. The molecule has 82 valence electrons. The maximum atomic E-state index is 4.21. The van der Waals surface area contributed by atoms with Gasteiger partial charge < -0.3 is 9.88 Å². The van der Waals surface area contributed by atoms with Crippen molar-refractivity contribution < 1.29 is 0 Å². The topological polar surface area (TPSA) is 29.9 Å². The summed E-state index contributed by atoms with van der Waals surface area (Å²) < 4.78 is 2.29. The summed E-state index contributed by atoms with van der Waals surface area (Å²) in [5.41, 5.74) is 2.60. The second-order valence-corrected chi connectivity index (χ2v) is 4.23. The van der Waals surface area contributed by atoms with E-state index in [0.717, 1.165) is 13.1 Å². The molecule has 15 heavy (non-hydrogen) atoms. The zero-order chi connectivity index (χ0) is 10.7. The van der Waals surface area contributed by atoms with Crippen LogP contribution in [0.2, 0.25) is 0 Å². The lowest BCUT2D eigenvalue weighted by molar-refractivity contribution is 0.731. The predicted octanol–water partition coefficient (Wildman–Crippen LogP) is 2.23. The van der Waals surface area contributed by atoms with Crippen molar-refractivity contribution >= 4 is 6.08 Å². The Morgan fingerprint density at radius 3 is 3.13 bits per heavy atom. The van der Waals surface area contributed by atoms with Crippen LogP contribution < -0.4 is 5.32 Å². The predicted molar refractivity (Wildman–Crippen MR) is 62.7 cm³/mol. The first-order chi connectivity index (χ1) is 7.31. The molecule has 1 aliphatic carbocycles. The van der Waals surface area contributed by atoms with E-state index in [1.165, 1.54) is 24.1 Å². The lowest BCUT2D eigenvalue weighted by Gasteiger charge is -2.05. The second kappa shape index (κ2) is 4.62. The van der Waals surface area contributed by atoms with E-state index in [9.17, 15) is 0 Å². The fourth-order valence-corrected chi connectivity index (χ4v) is 1.71. The third-order valence-corrected chi connectivity index (χ3v) is 2.68. The summed E-state index contributed by atoms with van der Waals surface area (Å²) in [4.78, 5) is 4.21. The fraction of sp³-hybridized carbons (Fsp3) is 0.583. The highest BCUT2D eigenvalue weighted by molar-refractivity contribution is 5.48. The number of likely N-dealkylation sites (N-methyl/N-ethyl adjacent to an activating group) is 1. The molecule has 0 atom stereocenters. The van der Waals surface area contributed by atoms with Crippen molar-refractivity contribution in [1.82, 2.24) is 14.9 Å². The molecule has 1 aromatic rings. The summed E-state index contributed by atoms with van der Waals surface area (Å²) in [5.74, 6) is 0. The first kappa shape index (κ1) is 10.4. The van der Waals surface area contributed by atoms with Crippen molar-refractivity contribution in [3.05, 3.63) is 23.8 Å². The molecule has 1 heterocycles. The van der Waals surface area contributed by atoms with E-state index < -0.39 is 0 Å². The van der Waals surface area contributed by atoms with E-state index in [-0.39, 0.29) is 0 Å². The molecular formula is C12H19N3. The summed E-state index contributed by atoms with van der Waals surface area (Å²) in [7, 11) is 0. The Hall–Kier alpha value is -1.09. The minimum Gasteiger partial charge on any atom is -0.328 e. The van der Waals surface area contributed by atoms with Gasteiger partial charge in [-0.1, -0.05) is 12.5 Å². The summed E-state index contributed by atoms with van der Waals surface area (Å²) in [6.45, 7) is 6.27. The van der Waals surface area contributed by atoms with Crippen LogP contribution in [0, 0.1) is 0 Å². The van der Waals surface area contributed by atoms with E-state index in [4.69, 9.17) is 0 Å². The van der Waals surface area contributed by atoms with Gasteiger partial charge in [-0.2, -0.15) is 0 Å². The molecule has 3 heteroatoms. The quantitative estimate of drug-likeness (QED) is 0.799. The van der Waals surface area contributed by atoms with Gasteiger partial charge in [0.2, 0.25) is 0 Å². The Morgan fingerprint density at radius 2 is 2.47 bits per heavy atom. The van der Waals surface area contributed by atoms with Crippen molar-refractivity contribution in [2.45, 2.75) is 32.7 Å². The molecule has 1 N–H and O–H groups in total. The van der Waals surface area contributed by atoms with Crippen LogP contribution in [0.4, 0.5) is 0 Å². The zero-order valence-corrected chi connectivity index (χ0v) is 9.53. The number of aromatic nitrogens is 2. The van der Waals surface area contributed by atoms with Crippen LogP contribution in [0.15, 0.2) is 18.1 Å². The molecule has 1 aliphatic rings. The van der Waals surface area contributed by atoms with Gasteiger partial charge >= 0.3 is 0 Å². The van der Waals surface area contributed by atoms with Crippen molar-refractivity contribution in [3.63, 3.8) is 0 Å². The number of rotatable bonds is 5. The standard InChI is InChI=1S/C12H19N3/c1-3-13-7-10(2)6-12-8-14-9-15(12)11-4-5-11/h6,8-9,11,13H,3-5,7H2,1-2H3. The maximum absolute atomic E-state index is 4.21. The fourth-order valence-electron chi connectivity index (χ4n) is 1.71. The molecule has 3 nitrogen and oxygen atoms in total. The second-order valence-electron chi connectivity index (χ2n) is 4.23. The van der Waals surface area contributed by atoms with Crippen LogP contribution in [0.5, 0.6) is 0 Å². The number of hydrogen-bond donors (Lipinski definition) is 1. The zero-order valence-electron chi connectivity index (χ0n) is 9.53. The van der Waals surface area contributed by atoms with Crippen LogP contribution in [0.1, 0.15) is 38.4 Å². The molecule has 0 unspecified atom stereocenters. The number of hydrogen-bond acceptors (Lipinski definition) is 2. The SMILES string of the molecule is CCNCC(C)=Cc1cncn1C1CC1. The van der Waals surface area contributed by atoms with Gasteiger partial charge in [0, 0.05) is 12.6 Å². The molecule has 1 saturated carbocycles. The first-order valence-corrected chi connectivity index (χ1v) is 5.71. The van der Waals surface area contributed by atoms with Crippen molar-refractivity contribution in [2.24, 2.45) is 0 Å². The van der Waals surface area contributed by atoms with Gasteiger partial charge in [-0.25, -0.2) is 4.98 Å². The van der Waals surface area contributed by atoms with Crippen LogP contribution in [0.25, 0.3) is 6.08 Å². The lowest BCUT2D eigenvalue weighted by atomic mass is 10.2. The van der Waals surface area contributed by atoms with Crippen LogP contribution in [-0.2, 0) is 0 Å².